The maximum atomic E-state index is 13.2. The Balaban J connectivity index is 1.17. The lowest BCUT2D eigenvalue weighted by Crippen LogP contribution is -2.55. The number of carbonyl (C=O) groups is 3. The molecule has 1 aliphatic carbocycles. The number of aromatic nitrogens is 4. The van der Waals surface area contributed by atoms with Gasteiger partial charge < -0.3 is 50.5 Å². The van der Waals surface area contributed by atoms with Crippen molar-refractivity contribution in [2.45, 2.75) is 88.1 Å². The van der Waals surface area contributed by atoms with Gasteiger partial charge in [-0.25, -0.2) is 9.97 Å². The van der Waals surface area contributed by atoms with Gasteiger partial charge in [0, 0.05) is 80.5 Å². The summed E-state index contributed by atoms with van der Waals surface area (Å²) in [7, 11) is 1.74. The number of ether oxygens (including phenoxy) is 2. The number of aryl methyl sites for hydroxylation is 1. The number of primary amides is 1. The van der Waals surface area contributed by atoms with Crippen LogP contribution in [0.25, 0.3) is 32.9 Å². The van der Waals surface area contributed by atoms with Crippen LogP contribution in [0.1, 0.15) is 70.1 Å². The highest BCUT2D eigenvalue weighted by atomic mass is 16.6. The third-order valence-corrected chi connectivity index (χ3v) is 12.9. The van der Waals surface area contributed by atoms with Crippen molar-refractivity contribution in [3.05, 3.63) is 88.6 Å². The number of amides is 3. The zero-order chi connectivity index (χ0) is 45.0. The SMILES string of the molecule is C#CCNC1(C)CCN(C2CCN(c3nc(C(COCNC(=O)C(CC(N)=O)NC(C)=O)(OC4CC4)c4ccccc4)c4cc(-c5cn(C)c(=O)c6[nH]ccc56)ccc4n3)CC2)CC1. The smallest absolute Gasteiger partial charge is 0.274 e. The fraction of sp³-hybridized carbons (Fsp3) is 0.458. The quantitative estimate of drug-likeness (QED) is 0.0521. The molecule has 2 unspecified atom stereocenters. The van der Waals surface area contributed by atoms with Crippen LogP contribution in [0.15, 0.2) is 71.8 Å². The van der Waals surface area contributed by atoms with Crippen LogP contribution in [0.4, 0.5) is 5.95 Å². The molecule has 336 valence electrons. The molecule has 5 aromatic rings. The molecule has 3 amide bonds. The second-order valence-electron chi connectivity index (χ2n) is 17.7. The number of fused-ring (bicyclic) bond motifs is 2. The highest BCUT2D eigenvalue weighted by molar-refractivity contribution is 5.97. The number of terminal acetylenes is 1. The van der Waals surface area contributed by atoms with Crippen LogP contribution in [0.3, 0.4) is 0 Å². The predicted molar refractivity (Wildman–Crippen MR) is 245 cm³/mol. The minimum absolute atomic E-state index is 0.0483. The van der Waals surface area contributed by atoms with E-state index in [9.17, 15) is 19.2 Å². The van der Waals surface area contributed by atoms with Crippen molar-refractivity contribution in [3.63, 3.8) is 0 Å². The van der Waals surface area contributed by atoms with Crippen LogP contribution in [-0.4, -0.2) is 112 Å². The number of aromatic amines is 1. The van der Waals surface area contributed by atoms with Crippen molar-refractivity contribution >= 4 is 45.5 Å². The Labute approximate surface area is 372 Å². The molecule has 6 N–H and O–H groups in total. The summed E-state index contributed by atoms with van der Waals surface area (Å²) < 4.78 is 15.1. The molecule has 2 aromatic carbocycles. The summed E-state index contributed by atoms with van der Waals surface area (Å²) in [4.78, 5) is 68.7. The molecule has 16 nitrogen and oxygen atoms in total. The van der Waals surface area contributed by atoms with Crippen LogP contribution in [0, 0.1) is 12.3 Å². The number of rotatable bonds is 17. The number of nitrogens with one attached hydrogen (secondary N) is 4. The normalized spacial score (nSPS) is 18.3. The van der Waals surface area contributed by atoms with Crippen molar-refractivity contribution in [1.82, 2.24) is 40.4 Å². The number of likely N-dealkylation sites (tertiary alicyclic amines) is 1. The summed E-state index contributed by atoms with van der Waals surface area (Å²) in [5, 5.41) is 10.3. The first-order valence-electron chi connectivity index (χ1n) is 22.2. The number of anilines is 1. The number of nitrogens with two attached hydrogens (primary N) is 1. The van der Waals surface area contributed by atoms with Crippen molar-refractivity contribution in [3.8, 4) is 23.5 Å². The third kappa shape index (κ3) is 9.68. The number of pyridine rings is 1. The molecule has 0 bridgehead atoms. The van der Waals surface area contributed by atoms with Gasteiger partial charge in [0.05, 0.1) is 36.9 Å². The summed E-state index contributed by atoms with van der Waals surface area (Å²) in [5.74, 6) is 1.49. The topological polar surface area (TPSA) is 202 Å². The Morgan fingerprint density at radius 3 is 2.47 bits per heavy atom. The Morgan fingerprint density at radius 2 is 1.78 bits per heavy atom. The molecular weight excluding hydrogens is 813 g/mol. The number of piperidine rings is 2. The molecule has 3 fully saturated rings. The van der Waals surface area contributed by atoms with Crippen LogP contribution >= 0.6 is 0 Å². The van der Waals surface area contributed by atoms with E-state index in [0.717, 1.165) is 92.2 Å². The molecule has 8 rings (SSSR count). The third-order valence-electron chi connectivity index (χ3n) is 12.9. The summed E-state index contributed by atoms with van der Waals surface area (Å²) in [6, 6.07) is 17.1. The molecule has 3 aliphatic rings. The van der Waals surface area contributed by atoms with Crippen molar-refractivity contribution < 1.29 is 23.9 Å². The minimum Gasteiger partial charge on any atom is -0.370 e. The van der Waals surface area contributed by atoms with E-state index in [4.69, 9.17) is 31.6 Å². The molecule has 1 saturated carbocycles. The number of benzene rings is 2. The monoisotopic (exact) mass is 870 g/mol. The van der Waals surface area contributed by atoms with Gasteiger partial charge in [-0.1, -0.05) is 42.3 Å². The van der Waals surface area contributed by atoms with Crippen LogP contribution in [-0.2, 0) is 36.5 Å². The minimum atomic E-state index is -1.29. The number of nitrogens with zero attached hydrogens (tertiary/aromatic N) is 5. The lowest BCUT2D eigenvalue weighted by atomic mass is 9.87. The van der Waals surface area contributed by atoms with Crippen molar-refractivity contribution in [1.29, 1.82) is 0 Å². The maximum Gasteiger partial charge on any atom is 0.274 e. The molecule has 2 saturated heterocycles. The summed E-state index contributed by atoms with van der Waals surface area (Å²) in [6.45, 7) is 7.36. The lowest BCUT2D eigenvalue weighted by molar-refractivity contribution is -0.133. The molecule has 0 radical (unpaired) electrons. The van der Waals surface area contributed by atoms with E-state index in [1.165, 1.54) is 6.92 Å². The first kappa shape index (κ1) is 44.5. The predicted octanol–water partition coefficient (Wildman–Crippen LogP) is 3.42. The molecule has 2 aliphatic heterocycles. The van der Waals surface area contributed by atoms with Gasteiger partial charge in [0.25, 0.3) is 5.56 Å². The number of hydrogen-bond donors (Lipinski definition) is 5. The standard InChI is InChI=1S/C48H58N10O6/c1-5-20-52-47(3)18-24-57(25-19-47)34-16-22-58(23-17-34)46-54-39-14-11-32(38-28-56(4)45(62)42-36(38)15-21-50-42)26-37(39)43(55-46)48(64-35-12-13-35,33-9-7-6-8-10-33)29-63-30-51-44(61)40(27-41(49)60)53-31(2)59/h1,6-11,14-15,21,26,28,34-35,40,50,52H,12-13,16-20,22-25,27,29-30H2,2-4H3,(H2,49,60)(H,51,61)(H,53,59). The zero-order valence-corrected chi connectivity index (χ0v) is 36.8. The molecule has 2 atom stereocenters. The zero-order valence-electron chi connectivity index (χ0n) is 36.8. The fourth-order valence-corrected chi connectivity index (χ4v) is 9.21. The first-order chi connectivity index (χ1) is 30.9. The highest BCUT2D eigenvalue weighted by Gasteiger charge is 2.45. The van der Waals surface area contributed by atoms with Gasteiger partial charge >= 0.3 is 0 Å². The molecule has 3 aromatic heterocycles. The molecule has 0 spiro atoms. The van der Waals surface area contributed by atoms with Gasteiger partial charge in [0.15, 0.2) is 5.60 Å². The van der Waals surface area contributed by atoms with E-state index in [1.807, 2.05) is 54.7 Å². The average molecular weight is 871 g/mol. The van der Waals surface area contributed by atoms with Gasteiger partial charge in [0.1, 0.15) is 18.3 Å². The lowest BCUT2D eigenvalue weighted by Gasteiger charge is -2.45. The molecule has 16 heteroatoms. The van der Waals surface area contributed by atoms with E-state index < -0.39 is 29.4 Å². The number of hydrogen-bond acceptors (Lipinski definition) is 11. The van der Waals surface area contributed by atoms with E-state index in [1.54, 1.807) is 17.8 Å². The van der Waals surface area contributed by atoms with E-state index >= 15 is 0 Å². The molecule has 64 heavy (non-hydrogen) atoms. The largest absolute Gasteiger partial charge is 0.370 e. The van der Waals surface area contributed by atoms with Crippen molar-refractivity contribution in [2.75, 3.05) is 51.0 Å². The van der Waals surface area contributed by atoms with Crippen LogP contribution in [0.5, 0.6) is 0 Å². The first-order valence-corrected chi connectivity index (χ1v) is 22.2. The van der Waals surface area contributed by atoms with Gasteiger partial charge in [0.2, 0.25) is 23.7 Å². The average Bonchev–Trinajstić information content (AvgIpc) is 3.98. The summed E-state index contributed by atoms with van der Waals surface area (Å²) in [5.41, 5.74) is 8.39. The van der Waals surface area contributed by atoms with E-state index in [0.29, 0.717) is 35.3 Å². The Kier molecular flexibility index (Phi) is 13.2. The number of H-pyrrole nitrogens is 1. The Hall–Kier alpha value is -6.12. The second kappa shape index (κ2) is 18.9. The van der Waals surface area contributed by atoms with E-state index in [-0.39, 0.29) is 37.0 Å². The number of carbonyl (C=O) groups excluding carboxylic acids is 3. The summed E-state index contributed by atoms with van der Waals surface area (Å²) in [6.07, 6.45) is 14.4. The fourth-order valence-electron chi connectivity index (χ4n) is 9.21. The molecular formula is C48H58N10O6. The Morgan fingerprint density at radius 1 is 1.03 bits per heavy atom. The second-order valence-corrected chi connectivity index (χ2v) is 17.7. The molecule has 5 heterocycles. The van der Waals surface area contributed by atoms with Crippen LogP contribution < -0.4 is 32.1 Å². The van der Waals surface area contributed by atoms with Gasteiger partial charge in [-0.2, -0.15) is 0 Å². The van der Waals surface area contributed by atoms with Crippen LogP contribution in [0.2, 0.25) is 0 Å². The van der Waals surface area contributed by atoms with Gasteiger partial charge in [-0.15, -0.1) is 6.42 Å². The summed E-state index contributed by atoms with van der Waals surface area (Å²) >= 11 is 0. The van der Waals surface area contributed by atoms with Gasteiger partial charge in [-0.3, -0.25) is 19.2 Å². The highest BCUT2D eigenvalue weighted by Crippen LogP contribution is 2.44. The van der Waals surface area contributed by atoms with Gasteiger partial charge in [-0.05, 0) is 74.8 Å². The van der Waals surface area contributed by atoms with E-state index in [2.05, 4.69) is 49.6 Å². The Bertz CT molecular complexity index is 2590. The maximum absolute atomic E-state index is 13.2. The van der Waals surface area contributed by atoms with Crippen molar-refractivity contribution in [2.24, 2.45) is 12.8 Å².